The number of imidazole rings is 1. The van der Waals surface area contributed by atoms with Crippen molar-refractivity contribution in [1.29, 1.82) is 0 Å². The zero-order valence-electron chi connectivity index (χ0n) is 11.8. The minimum absolute atomic E-state index is 0.473. The zero-order valence-corrected chi connectivity index (χ0v) is 11.8. The first kappa shape index (κ1) is 12.8. The van der Waals surface area contributed by atoms with Crippen LogP contribution in [0.1, 0.15) is 28.2 Å². The molecule has 18 heavy (non-hydrogen) atoms. The topological polar surface area (TPSA) is 43.8 Å². The van der Waals surface area contributed by atoms with Gasteiger partial charge in [-0.1, -0.05) is 12.1 Å². The highest BCUT2D eigenvalue weighted by atomic mass is 15.1. The first-order valence-electron chi connectivity index (χ1n) is 6.26. The lowest BCUT2D eigenvalue weighted by Gasteiger charge is -2.13. The molecule has 3 nitrogen and oxygen atoms in total. The third-order valence-corrected chi connectivity index (χ3v) is 3.86. The van der Waals surface area contributed by atoms with Crippen molar-refractivity contribution >= 4 is 0 Å². The quantitative estimate of drug-likeness (QED) is 0.881. The molecule has 0 aliphatic heterocycles. The average molecular weight is 243 g/mol. The van der Waals surface area contributed by atoms with Gasteiger partial charge in [0.05, 0.1) is 17.9 Å². The van der Waals surface area contributed by atoms with E-state index in [-0.39, 0.29) is 0 Å². The lowest BCUT2D eigenvalue weighted by atomic mass is 9.96. The molecule has 0 saturated carbocycles. The third kappa shape index (κ3) is 1.85. The Morgan fingerprint density at radius 3 is 2.33 bits per heavy atom. The summed E-state index contributed by atoms with van der Waals surface area (Å²) in [4.78, 5) is 4.54. The number of hydrogen-bond acceptors (Lipinski definition) is 2. The lowest BCUT2D eigenvalue weighted by Crippen LogP contribution is -2.06. The highest BCUT2D eigenvalue weighted by Gasteiger charge is 2.15. The Morgan fingerprint density at radius 1 is 1.11 bits per heavy atom. The van der Waals surface area contributed by atoms with Gasteiger partial charge in [0.2, 0.25) is 0 Å². The van der Waals surface area contributed by atoms with Crippen molar-refractivity contribution in [3.63, 3.8) is 0 Å². The van der Waals surface area contributed by atoms with Gasteiger partial charge in [-0.05, 0) is 44.4 Å². The molecule has 0 atom stereocenters. The van der Waals surface area contributed by atoms with Crippen molar-refractivity contribution in [3.05, 3.63) is 40.3 Å². The normalized spacial score (nSPS) is 11.0. The molecule has 0 amide bonds. The summed E-state index contributed by atoms with van der Waals surface area (Å²) in [6.07, 6.45) is 0. The summed E-state index contributed by atoms with van der Waals surface area (Å²) in [6, 6.07) is 4.36. The molecule has 2 N–H and O–H groups in total. The Labute approximate surface area is 109 Å². The first-order chi connectivity index (χ1) is 8.47. The molecule has 0 aliphatic rings. The highest BCUT2D eigenvalue weighted by molar-refractivity contribution is 5.68. The van der Waals surface area contributed by atoms with Crippen LogP contribution in [0.2, 0.25) is 0 Å². The van der Waals surface area contributed by atoms with E-state index < -0.39 is 0 Å². The van der Waals surface area contributed by atoms with Gasteiger partial charge in [0, 0.05) is 12.6 Å². The van der Waals surface area contributed by atoms with E-state index >= 15 is 0 Å². The summed E-state index contributed by atoms with van der Waals surface area (Å²) in [5.41, 5.74) is 13.2. The fraction of sp³-hybridized carbons (Fsp3) is 0.400. The standard InChI is InChI=1S/C15H21N3/c1-9-6-7-13(11(3)10(9)2)15-12(4)17-14(8-16)18(15)5/h6-7H,8,16H2,1-5H3. The van der Waals surface area contributed by atoms with Gasteiger partial charge in [0.15, 0.2) is 0 Å². The van der Waals surface area contributed by atoms with E-state index in [0.717, 1.165) is 11.5 Å². The van der Waals surface area contributed by atoms with Gasteiger partial charge < -0.3 is 10.3 Å². The van der Waals surface area contributed by atoms with Crippen LogP contribution in [-0.2, 0) is 13.6 Å². The molecule has 0 aliphatic carbocycles. The molecular formula is C15H21N3. The number of nitrogens with zero attached hydrogens (tertiary/aromatic N) is 2. The molecule has 0 spiro atoms. The average Bonchev–Trinajstić information content (AvgIpc) is 2.63. The zero-order chi connectivity index (χ0) is 13.4. The second-order valence-corrected chi connectivity index (χ2v) is 4.91. The van der Waals surface area contributed by atoms with Crippen molar-refractivity contribution in [2.24, 2.45) is 12.8 Å². The molecule has 0 saturated heterocycles. The number of rotatable bonds is 2. The van der Waals surface area contributed by atoms with Gasteiger partial charge in [-0.3, -0.25) is 0 Å². The minimum Gasteiger partial charge on any atom is -0.330 e. The monoisotopic (exact) mass is 243 g/mol. The van der Waals surface area contributed by atoms with Crippen molar-refractivity contribution in [1.82, 2.24) is 9.55 Å². The Balaban J connectivity index is 2.70. The molecule has 2 aromatic rings. The second-order valence-electron chi connectivity index (χ2n) is 4.91. The summed E-state index contributed by atoms with van der Waals surface area (Å²) in [5.74, 6) is 0.931. The smallest absolute Gasteiger partial charge is 0.122 e. The van der Waals surface area contributed by atoms with Crippen LogP contribution in [0.3, 0.4) is 0 Å². The molecule has 1 aromatic carbocycles. The molecular weight excluding hydrogens is 222 g/mol. The predicted molar refractivity (Wildman–Crippen MR) is 75.5 cm³/mol. The molecule has 0 radical (unpaired) electrons. The van der Waals surface area contributed by atoms with E-state index in [0.29, 0.717) is 6.54 Å². The Hall–Kier alpha value is -1.61. The third-order valence-electron chi connectivity index (χ3n) is 3.86. The van der Waals surface area contributed by atoms with Crippen LogP contribution in [0.4, 0.5) is 0 Å². The van der Waals surface area contributed by atoms with Crippen LogP contribution in [0.25, 0.3) is 11.3 Å². The lowest BCUT2D eigenvalue weighted by molar-refractivity contribution is 0.798. The van der Waals surface area contributed by atoms with Crippen molar-refractivity contribution < 1.29 is 0 Å². The predicted octanol–water partition coefficient (Wildman–Crippen LogP) is 2.78. The summed E-state index contributed by atoms with van der Waals surface area (Å²) in [6.45, 7) is 9.01. The summed E-state index contributed by atoms with van der Waals surface area (Å²) < 4.78 is 2.10. The van der Waals surface area contributed by atoms with Crippen LogP contribution in [-0.4, -0.2) is 9.55 Å². The molecule has 96 valence electrons. The number of aromatic nitrogens is 2. The van der Waals surface area contributed by atoms with Crippen LogP contribution in [0.15, 0.2) is 12.1 Å². The first-order valence-corrected chi connectivity index (χ1v) is 6.26. The minimum atomic E-state index is 0.473. The highest BCUT2D eigenvalue weighted by Crippen LogP contribution is 2.29. The fourth-order valence-corrected chi connectivity index (χ4v) is 2.46. The molecule has 0 fully saturated rings. The summed E-state index contributed by atoms with van der Waals surface area (Å²) in [5, 5.41) is 0. The van der Waals surface area contributed by atoms with Crippen LogP contribution < -0.4 is 5.73 Å². The van der Waals surface area contributed by atoms with Gasteiger partial charge in [0.25, 0.3) is 0 Å². The van der Waals surface area contributed by atoms with E-state index in [1.807, 2.05) is 14.0 Å². The van der Waals surface area contributed by atoms with Gasteiger partial charge in [-0.2, -0.15) is 0 Å². The van der Waals surface area contributed by atoms with Crippen molar-refractivity contribution in [2.75, 3.05) is 0 Å². The van der Waals surface area contributed by atoms with E-state index in [9.17, 15) is 0 Å². The Bertz CT molecular complexity index is 594. The SMILES string of the molecule is Cc1ccc(-c2c(C)nc(CN)n2C)c(C)c1C. The summed E-state index contributed by atoms with van der Waals surface area (Å²) >= 11 is 0. The van der Waals surface area contributed by atoms with E-state index in [4.69, 9.17) is 5.73 Å². The van der Waals surface area contributed by atoms with Gasteiger partial charge in [0.1, 0.15) is 5.82 Å². The Kier molecular flexibility index (Phi) is 3.26. The van der Waals surface area contributed by atoms with Crippen molar-refractivity contribution in [2.45, 2.75) is 34.2 Å². The summed E-state index contributed by atoms with van der Waals surface area (Å²) in [7, 11) is 2.03. The van der Waals surface area contributed by atoms with Gasteiger partial charge in [-0.15, -0.1) is 0 Å². The maximum absolute atomic E-state index is 5.72. The molecule has 0 unspecified atom stereocenters. The fourth-order valence-electron chi connectivity index (χ4n) is 2.46. The molecule has 1 heterocycles. The van der Waals surface area contributed by atoms with Gasteiger partial charge >= 0.3 is 0 Å². The van der Waals surface area contributed by atoms with E-state index in [1.165, 1.54) is 27.9 Å². The van der Waals surface area contributed by atoms with Crippen LogP contribution in [0.5, 0.6) is 0 Å². The second kappa shape index (κ2) is 4.58. The number of aryl methyl sites for hydroxylation is 2. The maximum atomic E-state index is 5.72. The largest absolute Gasteiger partial charge is 0.330 e. The van der Waals surface area contributed by atoms with Crippen LogP contribution >= 0.6 is 0 Å². The molecule has 1 aromatic heterocycles. The number of benzene rings is 1. The number of nitrogens with two attached hydrogens (primary N) is 1. The molecule has 0 bridgehead atoms. The van der Waals surface area contributed by atoms with Gasteiger partial charge in [-0.25, -0.2) is 4.98 Å². The van der Waals surface area contributed by atoms with Crippen LogP contribution in [0, 0.1) is 27.7 Å². The number of hydrogen-bond donors (Lipinski definition) is 1. The van der Waals surface area contributed by atoms with E-state index in [1.54, 1.807) is 0 Å². The van der Waals surface area contributed by atoms with Crippen molar-refractivity contribution in [3.8, 4) is 11.3 Å². The van der Waals surface area contributed by atoms with E-state index in [2.05, 4.69) is 42.5 Å². The molecule has 2 rings (SSSR count). The Morgan fingerprint density at radius 2 is 1.78 bits per heavy atom. The molecule has 3 heteroatoms. The maximum Gasteiger partial charge on any atom is 0.122 e.